The third-order valence-electron chi connectivity index (χ3n) is 3.11. The number of anilines is 2. The van der Waals surface area contributed by atoms with Gasteiger partial charge in [0.15, 0.2) is 11.5 Å². The molecule has 2 N–H and O–H groups in total. The number of pyridine rings is 1. The minimum atomic E-state index is -1.13. The molecule has 3 aromatic rings. The molecule has 3 rings (SSSR count). The molecular weight excluding hydrogens is 273 g/mol. The van der Waals surface area contributed by atoms with Gasteiger partial charge in [0.05, 0.1) is 5.69 Å². The van der Waals surface area contributed by atoms with E-state index in [0.29, 0.717) is 5.65 Å². The molecule has 6 heteroatoms. The Balaban J connectivity index is 2.14. The molecule has 0 fully saturated rings. The number of carboxylic acid groups (broad SMARTS) is 1. The van der Waals surface area contributed by atoms with Crippen molar-refractivity contribution in [3.63, 3.8) is 0 Å². The van der Waals surface area contributed by atoms with E-state index in [0.717, 1.165) is 5.56 Å². The summed E-state index contributed by atoms with van der Waals surface area (Å²) >= 11 is 0. The number of benzene rings is 1. The Hall–Kier alpha value is -2.89. The summed E-state index contributed by atoms with van der Waals surface area (Å²) in [4.78, 5) is 15.6. The van der Waals surface area contributed by atoms with E-state index in [1.54, 1.807) is 36.5 Å². The van der Waals surface area contributed by atoms with Crippen LogP contribution in [0.25, 0.3) is 5.65 Å². The fraction of sp³-hybridized carbons (Fsp3) is 0.0667. The third kappa shape index (κ3) is 2.31. The molecule has 0 radical (unpaired) electrons. The Bertz CT molecular complexity index is 842. The van der Waals surface area contributed by atoms with Crippen LogP contribution in [0.5, 0.6) is 0 Å². The van der Waals surface area contributed by atoms with Crippen LogP contribution in [0.1, 0.15) is 16.1 Å². The Kier molecular flexibility index (Phi) is 3.06. The van der Waals surface area contributed by atoms with Gasteiger partial charge in [0.2, 0.25) is 0 Å². The number of nitrogens with one attached hydrogen (secondary N) is 1. The van der Waals surface area contributed by atoms with E-state index in [2.05, 4.69) is 10.3 Å². The van der Waals surface area contributed by atoms with Gasteiger partial charge < -0.3 is 10.4 Å². The zero-order valence-corrected chi connectivity index (χ0v) is 11.2. The van der Waals surface area contributed by atoms with E-state index < -0.39 is 11.8 Å². The molecule has 0 bridgehead atoms. The van der Waals surface area contributed by atoms with Crippen LogP contribution in [0.15, 0.2) is 42.6 Å². The van der Waals surface area contributed by atoms with Crippen LogP contribution in [0.3, 0.4) is 0 Å². The molecule has 2 aromatic heterocycles. The monoisotopic (exact) mass is 285 g/mol. The highest BCUT2D eigenvalue weighted by Gasteiger charge is 2.19. The van der Waals surface area contributed by atoms with Gasteiger partial charge in [0.25, 0.3) is 0 Å². The van der Waals surface area contributed by atoms with Crippen molar-refractivity contribution in [3.8, 4) is 0 Å². The lowest BCUT2D eigenvalue weighted by molar-refractivity contribution is 0.0690. The van der Waals surface area contributed by atoms with Crippen molar-refractivity contribution in [1.29, 1.82) is 0 Å². The summed E-state index contributed by atoms with van der Waals surface area (Å²) in [7, 11) is 0. The number of fused-ring (bicyclic) bond motifs is 1. The van der Waals surface area contributed by atoms with Crippen molar-refractivity contribution >= 4 is 23.1 Å². The Labute approximate surface area is 119 Å². The Morgan fingerprint density at radius 1 is 1.33 bits per heavy atom. The van der Waals surface area contributed by atoms with Crippen molar-refractivity contribution in [2.24, 2.45) is 0 Å². The summed E-state index contributed by atoms with van der Waals surface area (Å²) < 4.78 is 15.2. The molecule has 1 aromatic carbocycles. The van der Waals surface area contributed by atoms with Gasteiger partial charge in [0.1, 0.15) is 11.5 Å². The lowest BCUT2D eigenvalue weighted by Gasteiger charge is -2.07. The van der Waals surface area contributed by atoms with E-state index in [9.17, 15) is 14.3 Å². The molecule has 2 heterocycles. The molecule has 0 saturated carbocycles. The molecule has 21 heavy (non-hydrogen) atoms. The molecule has 0 saturated heterocycles. The van der Waals surface area contributed by atoms with Gasteiger partial charge >= 0.3 is 5.97 Å². The fourth-order valence-electron chi connectivity index (χ4n) is 2.15. The molecule has 5 nitrogen and oxygen atoms in total. The Morgan fingerprint density at radius 3 is 2.90 bits per heavy atom. The SMILES string of the molecule is Cc1ccc(F)c(Nc2nc3ccccn3c2C(=O)O)c1. The molecule has 0 aliphatic heterocycles. The van der Waals surface area contributed by atoms with Gasteiger partial charge in [-0.2, -0.15) is 0 Å². The minimum Gasteiger partial charge on any atom is -0.476 e. The Morgan fingerprint density at radius 2 is 2.14 bits per heavy atom. The second kappa shape index (κ2) is 4.90. The van der Waals surface area contributed by atoms with E-state index in [1.807, 2.05) is 6.92 Å². The maximum atomic E-state index is 13.8. The number of nitrogens with zero attached hydrogens (tertiary/aromatic N) is 2. The lowest BCUT2D eigenvalue weighted by atomic mass is 10.2. The van der Waals surface area contributed by atoms with Crippen LogP contribution >= 0.6 is 0 Å². The number of rotatable bonds is 3. The predicted molar refractivity (Wildman–Crippen MR) is 76.6 cm³/mol. The van der Waals surface area contributed by atoms with Crippen LogP contribution in [-0.2, 0) is 0 Å². The van der Waals surface area contributed by atoms with Gasteiger partial charge in [-0.3, -0.25) is 4.40 Å². The van der Waals surface area contributed by atoms with Gasteiger partial charge in [-0.05, 0) is 36.8 Å². The number of hydrogen-bond donors (Lipinski definition) is 2. The normalized spacial score (nSPS) is 10.8. The minimum absolute atomic E-state index is 0.0356. The molecule has 0 aliphatic rings. The molecule has 0 unspecified atom stereocenters. The third-order valence-corrected chi connectivity index (χ3v) is 3.11. The first-order valence-corrected chi connectivity index (χ1v) is 6.30. The summed E-state index contributed by atoms with van der Waals surface area (Å²) in [6.45, 7) is 1.83. The zero-order valence-electron chi connectivity index (χ0n) is 11.2. The fourth-order valence-corrected chi connectivity index (χ4v) is 2.15. The number of aryl methyl sites for hydroxylation is 1. The second-order valence-corrected chi connectivity index (χ2v) is 4.65. The maximum absolute atomic E-state index is 13.8. The molecule has 0 amide bonds. The van der Waals surface area contributed by atoms with Crippen LogP contribution in [-0.4, -0.2) is 20.5 Å². The van der Waals surface area contributed by atoms with Crippen molar-refractivity contribution < 1.29 is 14.3 Å². The number of carboxylic acids is 1. The highest BCUT2D eigenvalue weighted by Crippen LogP contribution is 2.24. The molecule has 0 spiro atoms. The standard InChI is InChI=1S/C15H12FN3O2/c1-9-5-6-10(16)11(8-9)17-14-13(15(20)21)19-7-3-2-4-12(19)18-14/h2-8,17H,1H3,(H,20,21). The van der Waals surface area contributed by atoms with Gasteiger partial charge in [-0.1, -0.05) is 12.1 Å². The highest BCUT2D eigenvalue weighted by atomic mass is 19.1. The number of carbonyl (C=O) groups is 1. The molecular formula is C15H12FN3O2. The van der Waals surface area contributed by atoms with Crippen LogP contribution < -0.4 is 5.32 Å². The van der Waals surface area contributed by atoms with E-state index in [-0.39, 0.29) is 17.2 Å². The summed E-state index contributed by atoms with van der Waals surface area (Å²) in [6, 6.07) is 9.72. The van der Waals surface area contributed by atoms with Crippen molar-refractivity contribution in [3.05, 3.63) is 59.7 Å². The first-order chi connectivity index (χ1) is 10.1. The molecule has 0 atom stereocenters. The van der Waals surface area contributed by atoms with Crippen molar-refractivity contribution in [2.75, 3.05) is 5.32 Å². The topological polar surface area (TPSA) is 66.6 Å². The van der Waals surface area contributed by atoms with Gasteiger partial charge in [-0.15, -0.1) is 0 Å². The number of aromatic carboxylic acids is 1. The second-order valence-electron chi connectivity index (χ2n) is 4.65. The number of hydrogen-bond acceptors (Lipinski definition) is 3. The smallest absolute Gasteiger partial charge is 0.356 e. The average molecular weight is 285 g/mol. The number of aromatic nitrogens is 2. The largest absolute Gasteiger partial charge is 0.476 e. The van der Waals surface area contributed by atoms with Crippen molar-refractivity contribution in [1.82, 2.24) is 9.38 Å². The van der Waals surface area contributed by atoms with Crippen LogP contribution in [0.4, 0.5) is 15.9 Å². The van der Waals surface area contributed by atoms with Gasteiger partial charge in [0, 0.05) is 6.20 Å². The van der Waals surface area contributed by atoms with Crippen molar-refractivity contribution in [2.45, 2.75) is 6.92 Å². The average Bonchev–Trinajstić information content (AvgIpc) is 2.80. The van der Waals surface area contributed by atoms with E-state index in [4.69, 9.17) is 0 Å². The summed E-state index contributed by atoms with van der Waals surface area (Å²) in [6.07, 6.45) is 1.60. The van der Waals surface area contributed by atoms with Gasteiger partial charge in [-0.25, -0.2) is 14.2 Å². The van der Waals surface area contributed by atoms with Crippen LogP contribution in [0.2, 0.25) is 0 Å². The predicted octanol–water partition coefficient (Wildman–Crippen LogP) is 3.22. The lowest BCUT2D eigenvalue weighted by Crippen LogP contribution is -2.06. The highest BCUT2D eigenvalue weighted by molar-refractivity contribution is 5.93. The quantitative estimate of drug-likeness (QED) is 0.775. The summed E-state index contributed by atoms with van der Waals surface area (Å²) in [5.41, 5.74) is 1.50. The first-order valence-electron chi connectivity index (χ1n) is 6.30. The van der Waals surface area contributed by atoms with Crippen LogP contribution in [0, 0.1) is 12.7 Å². The summed E-state index contributed by atoms with van der Waals surface area (Å²) in [5.74, 6) is -1.49. The maximum Gasteiger partial charge on any atom is 0.356 e. The number of halogens is 1. The zero-order chi connectivity index (χ0) is 15.0. The van der Waals surface area contributed by atoms with E-state index in [1.165, 1.54) is 10.5 Å². The first kappa shape index (κ1) is 13.1. The van der Waals surface area contributed by atoms with E-state index >= 15 is 0 Å². The molecule has 106 valence electrons. The number of imidazole rings is 1. The summed E-state index contributed by atoms with van der Waals surface area (Å²) in [5, 5.41) is 12.1. The molecule has 0 aliphatic carbocycles.